The van der Waals surface area contributed by atoms with Gasteiger partial charge in [-0.05, 0) is 0 Å². The largest absolute Gasteiger partial charge is 0.369 e. The molecule has 0 radical (unpaired) electrons. The molecule has 0 fully saturated rings. The van der Waals surface area contributed by atoms with E-state index in [4.69, 9.17) is 4.74 Å². The lowest BCUT2D eigenvalue weighted by atomic mass is 10.3. The van der Waals surface area contributed by atoms with Gasteiger partial charge in [0, 0.05) is 37.6 Å². The molecule has 0 aliphatic heterocycles. The highest BCUT2D eigenvalue weighted by atomic mass is 16.5. The van der Waals surface area contributed by atoms with Gasteiger partial charge in [0.2, 0.25) is 0 Å². The van der Waals surface area contributed by atoms with Crippen molar-refractivity contribution >= 4 is 0 Å². The average molecular weight is 288 g/mol. The van der Waals surface area contributed by atoms with Gasteiger partial charge in [0.15, 0.2) is 0 Å². The third-order valence-corrected chi connectivity index (χ3v) is 2.83. The van der Waals surface area contributed by atoms with Crippen LogP contribution in [0.5, 0.6) is 0 Å². The summed E-state index contributed by atoms with van der Waals surface area (Å²) < 4.78 is 5.68. The molecule has 21 heavy (non-hydrogen) atoms. The molecule has 0 bridgehead atoms. The van der Waals surface area contributed by atoms with Gasteiger partial charge >= 0.3 is 0 Å². The molecule has 0 aliphatic rings. The van der Waals surface area contributed by atoms with Crippen LogP contribution in [-0.2, 0) is 4.74 Å². The molecule has 3 heteroatoms. The Morgan fingerprint density at radius 2 is 0.952 bits per heavy atom. The Morgan fingerprint density at radius 1 is 0.667 bits per heavy atom. The third kappa shape index (κ3) is 8.00. The Labute approximate surface area is 129 Å². The highest BCUT2D eigenvalue weighted by Gasteiger charge is 2.07. The van der Waals surface area contributed by atoms with Crippen molar-refractivity contribution in [3.05, 3.63) is 75.2 Å². The zero-order valence-corrected chi connectivity index (χ0v) is 13.1. The van der Waals surface area contributed by atoms with Crippen LogP contribution < -0.4 is 0 Å². The lowest BCUT2D eigenvalue weighted by Crippen LogP contribution is -2.28. The summed E-state index contributed by atoms with van der Waals surface area (Å²) in [6, 6.07) is 0. The third-order valence-electron chi connectivity index (χ3n) is 2.83. The van der Waals surface area contributed by atoms with Gasteiger partial charge in [-0.2, -0.15) is 0 Å². The van der Waals surface area contributed by atoms with Gasteiger partial charge in [0.05, 0.1) is 13.2 Å². The molecule has 0 aliphatic carbocycles. The second kappa shape index (κ2) is 11.8. The molecule has 0 aromatic carbocycles. The summed E-state index contributed by atoms with van der Waals surface area (Å²) in [4.78, 5) is 4.13. The molecule has 0 amide bonds. The molecule has 0 rings (SSSR count). The van der Waals surface area contributed by atoms with Crippen LogP contribution in [0, 0.1) is 0 Å². The van der Waals surface area contributed by atoms with Gasteiger partial charge in [-0.15, -0.1) is 26.3 Å². The zero-order chi connectivity index (χ0) is 16.1. The SMILES string of the molecule is C=CCN(CC=C)C(=C)COCC(=C)N(CC=C)CC=C. The van der Waals surface area contributed by atoms with Crippen molar-refractivity contribution in [2.45, 2.75) is 0 Å². The summed E-state index contributed by atoms with van der Waals surface area (Å²) in [6.07, 6.45) is 7.35. The molecule has 0 aromatic rings. The average Bonchev–Trinajstić information content (AvgIpc) is 2.46. The first-order chi connectivity index (χ1) is 10.1. The fraction of sp³-hybridized carbons (Fsp3) is 0.333. The lowest BCUT2D eigenvalue weighted by Gasteiger charge is -2.26. The summed E-state index contributed by atoms with van der Waals surface area (Å²) in [5.74, 6) is 0. The summed E-state index contributed by atoms with van der Waals surface area (Å²) >= 11 is 0. The van der Waals surface area contributed by atoms with Crippen LogP contribution in [0.2, 0.25) is 0 Å². The number of hydrogen-bond acceptors (Lipinski definition) is 3. The predicted molar refractivity (Wildman–Crippen MR) is 93.0 cm³/mol. The lowest BCUT2D eigenvalue weighted by molar-refractivity contribution is 0.141. The van der Waals surface area contributed by atoms with E-state index in [9.17, 15) is 0 Å². The summed E-state index contributed by atoms with van der Waals surface area (Å²) in [5, 5.41) is 0. The quantitative estimate of drug-likeness (QED) is 0.456. The van der Waals surface area contributed by atoms with E-state index in [1.54, 1.807) is 0 Å². The van der Waals surface area contributed by atoms with Crippen molar-refractivity contribution in [2.24, 2.45) is 0 Å². The highest BCUT2D eigenvalue weighted by molar-refractivity contribution is 5.02. The van der Waals surface area contributed by atoms with Crippen molar-refractivity contribution in [3.63, 3.8) is 0 Å². The first-order valence-corrected chi connectivity index (χ1v) is 6.97. The van der Waals surface area contributed by atoms with Gasteiger partial charge in [0.1, 0.15) is 0 Å². The minimum absolute atomic E-state index is 0.455. The van der Waals surface area contributed by atoms with Gasteiger partial charge in [-0.3, -0.25) is 0 Å². The molecule has 3 nitrogen and oxygen atoms in total. The van der Waals surface area contributed by atoms with Gasteiger partial charge in [-0.25, -0.2) is 0 Å². The van der Waals surface area contributed by atoms with E-state index < -0.39 is 0 Å². The molecular weight excluding hydrogens is 260 g/mol. The molecule has 0 unspecified atom stereocenters. The van der Waals surface area contributed by atoms with E-state index in [0.717, 1.165) is 37.6 Å². The first-order valence-electron chi connectivity index (χ1n) is 6.97. The molecule has 0 saturated heterocycles. The van der Waals surface area contributed by atoms with E-state index in [1.165, 1.54) is 0 Å². The predicted octanol–water partition coefficient (Wildman–Crippen LogP) is 3.38. The number of nitrogens with zero attached hydrogens (tertiary/aromatic N) is 2. The van der Waals surface area contributed by atoms with Crippen LogP contribution >= 0.6 is 0 Å². The monoisotopic (exact) mass is 288 g/mol. The molecule has 0 N–H and O–H groups in total. The normalized spacial score (nSPS) is 9.52. The zero-order valence-electron chi connectivity index (χ0n) is 13.1. The fourth-order valence-electron chi connectivity index (χ4n) is 1.76. The van der Waals surface area contributed by atoms with Crippen LogP contribution in [0.1, 0.15) is 0 Å². The van der Waals surface area contributed by atoms with Crippen molar-refractivity contribution < 1.29 is 4.74 Å². The van der Waals surface area contributed by atoms with Crippen LogP contribution in [-0.4, -0.2) is 49.2 Å². The number of ether oxygens (including phenoxy) is 1. The first kappa shape index (κ1) is 19.0. The maximum atomic E-state index is 5.68. The van der Waals surface area contributed by atoms with E-state index in [2.05, 4.69) is 49.3 Å². The minimum Gasteiger partial charge on any atom is -0.369 e. The number of hydrogen-bond donors (Lipinski definition) is 0. The van der Waals surface area contributed by atoms with Crippen molar-refractivity contribution in [1.29, 1.82) is 0 Å². The maximum absolute atomic E-state index is 5.68. The van der Waals surface area contributed by atoms with Crippen molar-refractivity contribution in [1.82, 2.24) is 9.80 Å². The molecule has 0 spiro atoms. The Kier molecular flexibility index (Phi) is 10.7. The van der Waals surface area contributed by atoms with Crippen molar-refractivity contribution in [3.8, 4) is 0 Å². The summed E-state index contributed by atoms with van der Waals surface area (Å²) in [6.45, 7) is 26.9. The van der Waals surface area contributed by atoms with Gasteiger partial charge < -0.3 is 14.5 Å². The highest BCUT2D eigenvalue weighted by Crippen LogP contribution is 2.06. The van der Waals surface area contributed by atoms with E-state index in [0.29, 0.717) is 13.2 Å². The second-order valence-corrected chi connectivity index (χ2v) is 4.59. The Morgan fingerprint density at radius 3 is 1.19 bits per heavy atom. The van der Waals surface area contributed by atoms with Gasteiger partial charge in [0.25, 0.3) is 0 Å². The Hall–Kier alpha value is -2.00. The Bertz CT molecular complexity index is 329. The summed E-state index contributed by atoms with van der Waals surface area (Å²) in [7, 11) is 0. The minimum atomic E-state index is 0.455. The van der Waals surface area contributed by atoms with Crippen molar-refractivity contribution in [2.75, 3.05) is 39.4 Å². The van der Waals surface area contributed by atoms with E-state index in [-0.39, 0.29) is 0 Å². The Balaban J connectivity index is 4.25. The number of rotatable bonds is 14. The molecule has 0 heterocycles. The molecule has 0 atom stereocenters. The van der Waals surface area contributed by atoms with E-state index >= 15 is 0 Å². The molecular formula is C18H28N2O. The maximum Gasteiger partial charge on any atom is 0.0863 e. The fourth-order valence-corrected chi connectivity index (χ4v) is 1.76. The second-order valence-electron chi connectivity index (χ2n) is 4.59. The van der Waals surface area contributed by atoms with Crippen LogP contribution in [0.4, 0.5) is 0 Å². The topological polar surface area (TPSA) is 15.7 Å². The molecule has 0 aromatic heterocycles. The smallest absolute Gasteiger partial charge is 0.0863 e. The molecule has 0 saturated carbocycles. The van der Waals surface area contributed by atoms with Crippen LogP contribution in [0.25, 0.3) is 0 Å². The van der Waals surface area contributed by atoms with Gasteiger partial charge in [-0.1, -0.05) is 37.5 Å². The van der Waals surface area contributed by atoms with E-state index in [1.807, 2.05) is 24.3 Å². The molecule has 116 valence electrons. The van der Waals surface area contributed by atoms with Crippen LogP contribution in [0.3, 0.4) is 0 Å². The van der Waals surface area contributed by atoms with Crippen LogP contribution in [0.15, 0.2) is 75.2 Å². The summed E-state index contributed by atoms with van der Waals surface area (Å²) in [5.41, 5.74) is 1.81. The standard InChI is InChI=1S/C18H28N2O/c1-7-11-19(12-8-2)17(5)15-21-16-18(6)20(13-9-3)14-10-4/h7-10H,1-6,11-16H2.